The standard InChI is InChI=1S/C21H27N3O4S2/c1-15-4-3-5-16(2)24(15)30(27,28)19-8-6-18(7-9-19)23-20(25)10-12-22-21(26)17-11-13-29-14-17/h6-9,11,13-16H,3-5,10,12H2,1-2H3,(H,22,26)(H,23,25)/t15-,16-/m1/s1. The number of nitrogens with one attached hydrogen (secondary N) is 2. The summed E-state index contributed by atoms with van der Waals surface area (Å²) in [7, 11) is -3.58. The molecule has 162 valence electrons. The van der Waals surface area contributed by atoms with Crippen LogP contribution in [0.5, 0.6) is 0 Å². The monoisotopic (exact) mass is 449 g/mol. The number of amides is 2. The quantitative estimate of drug-likeness (QED) is 0.677. The molecule has 1 saturated heterocycles. The van der Waals surface area contributed by atoms with E-state index in [1.807, 2.05) is 19.2 Å². The van der Waals surface area contributed by atoms with Crippen LogP contribution in [0.25, 0.3) is 0 Å². The third-order valence-electron chi connectivity index (χ3n) is 5.25. The van der Waals surface area contributed by atoms with Crippen LogP contribution in [-0.2, 0) is 14.8 Å². The van der Waals surface area contributed by atoms with Gasteiger partial charge in [-0.3, -0.25) is 9.59 Å². The number of carbonyl (C=O) groups is 2. The Hall–Kier alpha value is -2.23. The number of sulfonamides is 1. The highest BCUT2D eigenvalue weighted by molar-refractivity contribution is 7.89. The Bertz CT molecular complexity index is 962. The molecular formula is C21H27N3O4S2. The molecule has 2 heterocycles. The number of piperidine rings is 1. The second-order valence-corrected chi connectivity index (χ2v) is 10.2. The smallest absolute Gasteiger partial charge is 0.252 e. The van der Waals surface area contributed by atoms with E-state index in [0.29, 0.717) is 11.3 Å². The highest BCUT2D eigenvalue weighted by Gasteiger charge is 2.35. The number of rotatable bonds is 7. The van der Waals surface area contributed by atoms with Crippen molar-refractivity contribution in [2.24, 2.45) is 0 Å². The zero-order valence-electron chi connectivity index (χ0n) is 17.1. The molecule has 0 bridgehead atoms. The van der Waals surface area contributed by atoms with Crippen molar-refractivity contribution in [1.29, 1.82) is 0 Å². The summed E-state index contributed by atoms with van der Waals surface area (Å²) in [4.78, 5) is 24.2. The topological polar surface area (TPSA) is 95.6 Å². The Labute approximate surface area is 181 Å². The summed E-state index contributed by atoms with van der Waals surface area (Å²) in [5, 5.41) is 8.99. The number of hydrogen-bond acceptors (Lipinski definition) is 5. The maximum absolute atomic E-state index is 13.0. The minimum absolute atomic E-state index is 0.0255. The molecule has 2 N–H and O–H groups in total. The SMILES string of the molecule is C[C@@H]1CCC[C@@H](C)N1S(=O)(=O)c1ccc(NC(=O)CCNC(=O)c2ccsc2)cc1. The lowest BCUT2D eigenvalue weighted by Gasteiger charge is -2.37. The van der Waals surface area contributed by atoms with Crippen molar-refractivity contribution >= 4 is 38.9 Å². The van der Waals surface area contributed by atoms with Crippen LogP contribution in [0.2, 0.25) is 0 Å². The highest BCUT2D eigenvalue weighted by atomic mass is 32.2. The van der Waals surface area contributed by atoms with Gasteiger partial charge in [0.2, 0.25) is 15.9 Å². The fraction of sp³-hybridized carbons (Fsp3) is 0.429. The molecule has 1 aromatic carbocycles. The van der Waals surface area contributed by atoms with Gasteiger partial charge in [-0.05, 0) is 62.4 Å². The maximum Gasteiger partial charge on any atom is 0.252 e. The molecular weight excluding hydrogens is 422 g/mol. The lowest BCUT2D eigenvalue weighted by atomic mass is 10.0. The van der Waals surface area contributed by atoms with Gasteiger partial charge >= 0.3 is 0 Å². The van der Waals surface area contributed by atoms with Gasteiger partial charge in [0.25, 0.3) is 5.91 Å². The molecule has 2 aromatic rings. The van der Waals surface area contributed by atoms with E-state index in [0.717, 1.165) is 19.3 Å². The summed E-state index contributed by atoms with van der Waals surface area (Å²) in [5.41, 5.74) is 1.09. The average molecular weight is 450 g/mol. The number of carbonyl (C=O) groups excluding carboxylic acids is 2. The van der Waals surface area contributed by atoms with Crippen molar-refractivity contribution in [3.8, 4) is 0 Å². The van der Waals surface area contributed by atoms with E-state index in [1.165, 1.54) is 23.5 Å². The minimum Gasteiger partial charge on any atom is -0.351 e. The Balaban J connectivity index is 1.55. The second-order valence-electron chi connectivity index (χ2n) is 7.55. The highest BCUT2D eigenvalue weighted by Crippen LogP contribution is 2.29. The number of thiophene rings is 1. The van der Waals surface area contributed by atoms with Crippen LogP contribution in [0, 0.1) is 0 Å². The van der Waals surface area contributed by atoms with Crippen molar-refractivity contribution < 1.29 is 18.0 Å². The molecule has 1 fully saturated rings. The first-order valence-electron chi connectivity index (χ1n) is 10.0. The van der Waals surface area contributed by atoms with Crippen LogP contribution >= 0.6 is 11.3 Å². The second kappa shape index (κ2) is 9.72. The maximum atomic E-state index is 13.0. The lowest BCUT2D eigenvalue weighted by molar-refractivity contribution is -0.116. The zero-order chi connectivity index (χ0) is 21.7. The molecule has 7 nitrogen and oxygen atoms in total. The number of hydrogen-bond donors (Lipinski definition) is 2. The Kier molecular flexibility index (Phi) is 7.27. The van der Waals surface area contributed by atoms with Crippen LogP contribution < -0.4 is 10.6 Å². The van der Waals surface area contributed by atoms with E-state index >= 15 is 0 Å². The molecule has 30 heavy (non-hydrogen) atoms. The average Bonchev–Trinajstić information content (AvgIpc) is 3.23. The van der Waals surface area contributed by atoms with Crippen LogP contribution in [-0.4, -0.2) is 43.2 Å². The van der Waals surface area contributed by atoms with Crippen molar-refractivity contribution in [1.82, 2.24) is 9.62 Å². The summed E-state index contributed by atoms with van der Waals surface area (Å²) in [6.45, 7) is 4.11. The molecule has 0 unspecified atom stereocenters. The van der Waals surface area contributed by atoms with Crippen molar-refractivity contribution in [2.45, 2.75) is 56.5 Å². The van der Waals surface area contributed by atoms with Gasteiger partial charge in [-0.25, -0.2) is 8.42 Å². The Morgan fingerprint density at radius 3 is 2.37 bits per heavy atom. The lowest BCUT2D eigenvalue weighted by Crippen LogP contribution is -2.47. The van der Waals surface area contributed by atoms with Crippen molar-refractivity contribution in [3.63, 3.8) is 0 Å². The van der Waals surface area contributed by atoms with E-state index in [1.54, 1.807) is 27.9 Å². The first-order valence-corrected chi connectivity index (χ1v) is 12.4. The summed E-state index contributed by atoms with van der Waals surface area (Å²) < 4.78 is 27.7. The molecule has 9 heteroatoms. The molecule has 0 spiro atoms. The van der Waals surface area contributed by atoms with E-state index in [4.69, 9.17) is 0 Å². The molecule has 0 radical (unpaired) electrons. The summed E-state index contributed by atoms with van der Waals surface area (Å²) in [6, 6.07) is 7.91. The Morgan fingerprint density at radius 2 is 1.77 bits per heavy atom. The fourth-order valence-corrected chi connectivity index (χ4v) is 6.23. The van der Waals surface area contributed by atoms with Crippen LogP contribution in [0.3, 0.4) is 0 Å². The predicted octanol–water partition coefficient (Wildman–Crippen LogP) is 3.46. The third kappa shape index (κ3) is 5.27. The number of benzene rings is 1. The normalized spacial score (nSPS) is 19.9. The first kappa shape index (κ1) is 22.5. The third-order valence-corrected chi connectivity index (χ3v) is 8.07. The van der Waals surface area contributed by atoms with Crippen molar-refractivity contribution in [3.05, 3.63) is 46.7 Å². The molecule has 2 amide bonds. The van der Waals surface area contributed by atoms with Crippen LogP contribution in [0.15, 0.2) is 46.0 Å². The van der Waals surface area contributed by atoms with Gasteiger partial charge in [0.15, 0.2) is 0 Å². The molecule has 1 aromatic heterocycles. The largest absolute Gasteiger partial charge is 0.351 e. The zero-order valence-corrected chi connectivity index (χ0v) is 18.8. The summed E-state index contributed by atoms with van der Waals surface area (Å²) in [5.74, 6) is -0.464. The van der Waals surface area contributed by atoms with Crippen LogP contribution in [0.4, 0.5) is 5.69 Å². The van der Waals surface area contributed by atoms with Gasteiger partial charge in [-0.1, -0.05) is 6.42 Å². The van der Waals surface area contributed by atoms with Gasteiger partial charge < -0.3 is 10.6 Å². The van der Waals surface area contributed by atoms with E-state index < -0.39 is 10.0 Å². The molecule has 1 aliphatic heterocycles. The fourth-order valence-electron chi connectivity index (χ4n) is 3.71. The van der Waals surface area contributed by atoms with Gasteiger partial charge in [0.05, 0.1) is 4.90 Å². The van der Waals surface area contributed by atoms with Gasteiger partial charge in [-0.15, -0.1) is 0 Å². The van der Waals surface area contributed by atoms with Gasteiger partial charge in [0, 0.05) is 41.7 Å². The molecule has 2 atom stereocenters. The van der Waals surface area contributed by atoms with Gasteiger partial charge in [0.1, 0.15) is 0 Å². The Morgan fingerprint density at radius 1 is 1.10 bits per heavy atom. The minimum atomic E-state index is -3.58. The van der Waals surface area contributed by atoms with Crippen molar-refractivity contribution in [2.75, 3.05) is 11.9 Å². The number of nitrogens with zero attached hydrogens (tertiary/aromatic N) is 1. The molecule has 0 saturated carbocycles. The van der Waals surface area contributed by atoms with Crippen LogP contribution in [0.1, 0.15) is 49.9 Å². The van der Waals surface area contributed by atoms with E-state index in [2.05, 4.69) is 10.6 Å². The number of anilines is 1. The summed E-state index contributed by atoms with van der Waals surface area (Å²) in [6.07, 6.45) is 2.88. The predicted molar refractivity (Wildman–Crippen MR) is 118 cm³/mol. The summed E-state index contributed by atoms with van der Waals surface area (Å²) >= 11 is 1.44. The van der Waals surface area contributed by atoms with Gasteiger partial charge in [-0.2, -0.15) is 15.6 Å². The first-order chi connectivity index (χ1) is 14.3. The molecule has 0 aliphatic carbocycles. The van der Waals surface area contributed by atoms with E-state index in [-0.39, 0.29) is 41.8 Å². The van der Waals surface area contributed by atoms with E-state index in [9.17, 15) is 18.0 Å². The molecule has 3 rings (SSSR count). The molecule has 1 aliphatic rings.